The van der Waals surface area contributed by atoms with Crippen molar-refractivity contribution in [3.8, 4) is 16.3 Å². The lowest BCUT2D eigenvalue weighted by atomic mass is 10.2. The molecule has 3 heterocycles. The minimum atomic E-state index is -0.188. The van der Waals surface area contributed by atoms with E-state index in [1.807, 2.05) is 35.0 Å². The summed E-state index contributed by atoms with van der Waals surface area (Å²) in [6.07, 6.45) is 3.07. The molecule has 0 radical (unpaired) electrons. The molecule has 0 atom stereocenters. The van der Waals surface area contributed by atoms with Gasteiger partial charge in [0.2, 0.25) is 0 Å². The van der Waals surface area contributed by atoms with Crippen LogP contribution in [-0.4, -0.2) is 25.7 Å². The maximum atomic E-state index is 12.3. The number of carbonyl (C=O) groups is 1. The highest BCUT2D eigenvalue weighted by atomic mass is 32.1. The molecule has 8 heteroatoms. The minimum Gasteiger partial charge on any atom is -0.298 e. The van der Waals surface area contributed by atoms with Crippen LogP contribution in [0.5, 0.6) is 0 Å². The summed E-state index contributed by atoms with van der Waals surface area (Å²) in [5, 5.41) is 11.4. The Morgan fingerprint density at radius 1 is 1.12 bits per heavy atom. The van der Waals surface area contributed by atoms with E-state index < -0.39 is 0 Å². The molecule has 24 heavy (non-hydrogen) atoms. The number of benzene rings is 1. The molecule has 118 valence electrons. The van der Waals surface area contributed by atoms with Crippen molar-refractivity contribution < 1.29 is 4.79 Å². The maximum absolute atomic E-state index is 12.3. The number of anilines is 1. The highest BCUT2D eigenvalue weighted by Crippen LogP contribution is 2.28. The van der Waals surface area contributed by atoms with Gasteiger partial charge in [0.25, 0.3) is 5.91 Å². The molecule has 1 amide bonds. The first-order valence-electron chi connectivity index (χ1n) is 7.05. The van der Waals surface area contributed by atoms with Crippen molar-refractivity contribution in [1.29, 1.82) is 0 Å². The van der Waals surface area contributed by atoms with Gasteiger partial charge in [-0.2, -0.15) is 5.10 Å². The van der Waals surface area contributed by atoms with Gasteiger partial charge in [-0.1, -0.05) is 6.07 Å². The van der Waals surface area contributed by atoms with Crippen molar-refractivity contribution in [3.05, 3.63) is 65.4 Å². The number of rotatable bonds is 4. The predicted octanol–water partition coefficient (Wildman–Crippen LogP) is 3.70. The van der Waals surface area contributed by atoms with E-state index in [0.717, 1.165) is 16.3 Å². The van der Waals surface area contributed by atoms with Crippen molar-refractivity contribution in [2.45, 2.75) is 0 Å². The van der Waals surface area contributed by atoms with E-state index in [9.17, 15) is 4.79 Å². The van der Waals surface area contributed by atoms with E-state index in [-0.39, 0.29) is 5.91 Å². The van der Waals surface area contributed by atoms with Crippen LogP contribution in [0.15, 0.2) is 59.8 Å². The number of thiazole rings is 1. The molecular formula is C16H11N5OS2. The number of amides is 1. The molecule has 0 aliphatic carbocycles. The third-order valence-corrected chi connectivity index (χ3v) is 4.96. The van der Waals surface area contributed by atoms with Crippen LogP contribution >= 0.6 is 22.7 Å². The van der Waals surface area contributed by atoms with Crippen molar-refractivity contribution in [1.82, 2.24) is 19.7 Å². The fraction of sp³-hybridized carbons (Fsp3) is 0. The van der Waals surface area contributed by atoms with Gasteiger partial charge in [-0.15, -0.1) is 22.7 Å². The molecule has 4 aromatic rings. The Hall–Kier alpha value is -2.84. The van der Waals surface area contributed by atoms with Gasteiger partial charge in [-0.05, 0) is 35.7 Å². The molecule has 0 unspecified atom stereocenters. The first-order chi connectivity index (χ1) is 11.8. The summed E-state index contributed by atoms with van der Waals surface area (Å²) in [6, 6.07) is 11.1. The van der Waals surface area contributed by atoms with Crippen LogP contribution in [0.2, 0.25) is 0 Å². The molecule has 4 rings (SSSR count). The number of carbonyl (C=O) groups excluding carboxylic acids is 1. The fourth-order valence-electron chi connectivity index (χ4n) is 2.15. The predicted molar refractivity (Wildman–Crippen MR) is 94.7 cm³/mol. The Labute approximate surface area is 145 Å². The molecule has 1 N–H and O–H groups in total. The molecule has 3 aromatic heterocycles. The SMILES string of the molecule is O=C(Nc1nc(-c2cccs2)cs1)c1ccc(-n2cncn2)cc1. The van der Waals surface area contributed by atoms with Crippen LogP contribution in [-0.2, 0) is 0 Å². The Kier molecular flexibility index (Phi) is 3.89. The van der Waals surface area contributed by atoms with Crippen LogP contribution in [0, 0.1) is 0 Å². The summed E-state index contributed by atoms with van der Waals surface area (Å²) < 4.78 is 1.63. The number of thiophene rings is 1. The number of nitrogens with one attached hydrogen (secondary N) is 1. The van der Waals surface area contributed by atoms with Gasteiger partial charge in [0.05, 0.1) is 16.3 Å². The zero-order valence-electron chi connectivity index (χ0n) is 12.3. The highest BCUT2D eigenvalue weighted by molar-refractivity contribution is 7.16. The van der Waals surface area contributed by atoms with Crippen LogP contribution < -0.4 is 5.32 Å². The summed E-state index contributed by atoms with van der Waals surface area (Å²) in [5.74, 6) is -0.188. The van der Waals surface area contributed by atoms with E-state index in [4.69, 9.17) is 0 Å². The van der Waals surface area contributed by atoms with Gasteiger partial charge < -0.3 is 0 Å². The first kappa shape index (κ1) is 14.7. The van der Waals surface area contributed by atoms with Crippen LogP contribution in [0.4, 0.5) is 5.13 Å². The molecule has 0 aliphatic heterocycles. The summed E-state index contributed by atoms with van der Waals surface area (Å²) in [5.41, 5.74) is 2.29. The molecule has 0 spiro atoms. The molecule has 0 aliphatic rings. The van der Waals surface area contributed by atoms with E-state index in [1.54, 1.807) is 34.5 Å². The maximum Gasteiger partial charge on any atom is 0.257 e. The fourth-order valence-corrected chi connectivity index (χ4v) is 3.61. The second-order valence-electron chi connectivity index (χ2n) is 4.86. The van der Waals surface area contributed by atoms with E-state index in [1.165, 1.54) is 17.7 Å². The average Bonchev–Trinajstić information content (AvgIpc) is 3.36. The van der Waals surface area contributed by atoms with Gasteiger partial charge in [0, 0.05) is 10.9 Å². The monoisotopic (exact) mass is 353 g/mol. The zero-order valence-corrected chi connectivity index (χ0v) is 13.9. The summed E-state index contributed by atoms with van der Waals surface area (Å²) in [7, 11) is 0. The number of aromatic nitrogens is 4. The molecule has 0 fully saturated rings. The number of hydrogen-bond acceptors (Lipinski definition) is 6. The molecule has 6 nitrogen and oxygen atoms in total. The summed E-state index contributed by atoms with van der Waals surface area (Å²) in [4.78, 5) is 21.8. The molecular weight excluding hydrogens is 342 g/mol. The smallest absolute Gasteiger partial charge is 0.257 e. The van der Waals surface area contributed by atoms with E-state index in [0.29, 0.717) is 10.7 Å². The zero-order chi connectivity index (χ0) is 16.4. The second-order valence-corrected chi connectivity index (χ2v) is 6.66. The van der Waals surface area contributed by atoms with Gasteiger partial charge >= 0.3 is 0 Å². The second kappa shape index (κ2) is 6.34. The molecule has 0 saturated carbocycles. The Balaban J connectivity index is 1.48. The highest BCUT2D eigenvalue weighted by Gasteiger charge is 2.10. The summed E-state index contributed by atoms with van der Waals surface area (Å²) >= 11 is 3.04. The van der Waals surface area contributed by atoms with Gasteiger partial charge in [-0.3, -0.25) is 10.1 Å². The van der Waals surface area contributed by atoms with Crippen LogP contribution in [0.1, 0.15) is 10.4 Å². The van der Waals surface area contributed by atoms with Crippen molar-refractivity contribution in [2.24, 2.45) is 0 Å². The average molecular weight is 353 g/mol. The van der Waals surface area contributed by atoms with Crippen molar-refractivity contribution in [2.75, 3.05) is 5.32 Å². The summed E-state index contributed by atoms with van der Waals surface area (Å²) in [6.45, 7) is 0. The molecule has 0 saturated heterocycles. The Bertz CT molecular complexity index is 943. The third kappa shape index (κ3) is 2.97. The van der Waals surface area contributed by atoms with E-state index >= 15 is 0 Å². The largest absolute Gasteiger partial charge is 0.298 e. The van der Waals surface area contributed by atoms with Gasteiger partial charge in [0.15, 0.2) is 5.13 Å². The lowest BCUT2D eigenvalue weighted by Gasteiger charge is -2.04. The van der Waals surface area contributed by atoms with Crippen LogP contribution in [0.3, 0.4) is 0 Å². The first-order valence-corrected chi connectivity index (χ1v) is 8.81. The van der Waals surface area contributed by atoms with Crippen molar-refractivity contribution >= 4 is 33.7 Å². The molecule has 1 aromatic carbocycles. The minimum absolute atomic E-state index is 0.188. The Morgan fingerprint density at radius 3 is 2.71 bits per heavy atom. The molecule has 0 bridgehead atoms. The lowest BCUT2D eigenvalue weighted by molar-refractivity contribution is 0.102. The van der Waals surface area contributed by atoms with Gasteiger partial charge in [0.1, 0.15) is 12.7 Å². The van der Waals surface area contributed by atoms with Crippen LogP contribution in [0.25, 0.3) is 16.3 Å². The van der Waals surface area contributed by atoms with Gasteiger partial charge in [-0.25, -0.2) is 14.6 Å². The lowest BCUT2D eigenvalue weighted by Crippen LogP contribution is -2.11. The van der Waals surface area contributed by atoms with E-state index in [2.05, 4.69) is 20.4 Å². The normalized spacial score (nSPS) is 10.7. The quantitative estimate of drug-likeness (QED) is 0.607. The Morgan fingerprint density at radius 2 is 2.00 bits per heavy atom. The number of hydrogen-bond donors (Lipinski definition) is 1. The standard InChI is InChI=1S/C16H11N5OS2/c22-15(11-3-5-12(6-4-11)21-10-17-9-18-21)20-16-19-13(8-24-16)14-2-1-7-23-14/h1-10H,(H,19,20,22). The third-order valence-electron chi connectivity index (χ3n) is 3.31. The topological polar surface area (TPSA) is 72.7 Å². The van der Waals surface area contributed by atoms with Crippen molar-refractivity contribution in [3.63, 3.8) is 0 Å². The number of nitrogens with zero attached hydrogens (tertiary/aromatic N) is 4.